The van der Waals surface area contributed by atoms with Gasteiger partial charge in [-0.25, -0.2) is 4.98 Å². The normalized spacial score (nSPS) is 11.4. The van der Waals surface area contributed by atoms with Gasteiger partial charge in [-0.15, -0.1) is 0 Å². The molecule has 0 spiro atoms. The predicted octanol–water partition coefficient (Wildman–Crippen LogP) is 3.38. The molecule has 3 nitrogen and oxygen atoms in total. The quantitative estimate of drug-likeness (QED) is 0.793. The van der Waals surface area contributed by atoms with Gasteiger partial charge in [0.05, 0.1) is 28.6 Å². The lowest BCUT2D eigenvalue weighted by Crippen LogP contribution is -2.11. The van der Waals surface area contributed by atoms with E-state index >= 15 is 0 Å². The molecule has 2 aromatic rings. The van der Waals surface area contributed by atoms with Gasteiger partial charge >= 0.3 is 6.18 Å². The van der Waals surface area contributed by atoms with E-state index in [2.05, 4.69) is 4.98 Å². The first-order chi connectivity index (χ1) is 8.82. The first kappa shape index (κ1) is 13.1. The fourth-order valence-electron chi connectivity index (χ4n) is 1.90. The number of hydrogen-bond donors (Lipinski definition) is 0. The lowest BCUT2D eigenvalue weighted by Gasteiger charge is -2.14. The van der Waals surface area contributed by atoms with E-state index in [1.165, 1.54) is 22.9 Å². The van der Waals surface area contributed by atoms with Crippen LogP contribution in [0.25, 0.3) is 5.69 Å². The summed E-state index contributed by atoms with van der Waals surface area (Å²) in [4.78, 5) is 4.08. The zero-order valence-corrected chi connectivity index (χ0v) is 10.3. The van der Waals surface area contributed by atoms with Crippen molar-refractivity contribution in [2.24, 2.45) is 0 Å². The molecule has 0 radical (unpaired) electrons. The van der Waals surface area contributed by atoms with E-state index in [4.69, 9.17) is 5.26 Å². The Kier molecular flexibility index (Phi) is 3.06. The first-order valence-corrected chi connectivity index (χ1v) is 5.47. The van der Waals surface area contributed by atoms with Crippen molar-refractivity contribution in [3.8, 4) is 11.8 Å². The molecular weight excluding hydrogens is 255 g/mol. The van der Waals surface area contributed by atoms with E-state index in [1.54, 1.807) is 19.9 Å². The van der Waals surface area contributed by atoms with Crippen LogP contribution in [0.5, 0.6) is 0 Å². The van der Waals surface area contributed by atoms with Crippen LogP contribution in [0.1, 0.15) is 22.6 Å². The smallest absolute Gasteiger partial charge is 0.303 e. The van der Waals surface area contributed by atoms with Crippen LogP contribution in [0.4, 0.5) is 13.2 Å². The second-order valence-electron chi connectivity index (χ2n) is 4.14. The van der Waals surface area contributed by atoms with Gasteiger partial charge in [0.15, 0.2) is 0 Å². The number of nitriles is 1. The molecule has 0 unspecified atom stereocenters. The lowest BCUT2D eigenvalue weighted by molar-refractivity contribution is -0.137. The van der Waals surface area contributed by atoms with Crippen LogP contribution in [0.2, 0.25) is 0 Å². The zero-order valence-electron chi connectivity index (χ0n) is 10.3. The summed E-state index contributed by atoms with van der Waals surface area (Å²) in [6.45, 7) is 3.34. The van der Waals surface area contributed by atoms with Crippen molar-refractivity contribution < 1.29 is 13.2 Å². The standard InChI is InChI=1S/C13H10F3N3/c1-8-7-19(9(2)18-8)12-4-3-10(6-17)5-11(12)13(14,15)16/h3-5,7H,1-2H3. The molecule has 98 valence electrons. The number of nitrogens with zero attached hydrogens (tertiary/aromatic N) is 3. The van der Waals surface area contributed by atoms with Crippen LogP contribution in [0, 0.1) is 25.2 Å². The maximum Gasteiger partial charge on any atom is 0.418 e. The molecule has 6 heteroatoms. The number of rotatable bonds is 1. The molecule has 0 N–H and O–H groups in total. The maximum absolute atomic E-state index is 13.0. The molecule has 1 aromatic heterocycles. The van der Waals surface area contributed by atoms with E-state index in [0.717, 1.165) is 6.07 Å². The fourth-order valence-corrected chi connectivity index (χ4v) is 1.90. The van der Waals surface area contributed by atoms with Crippen LogP contribution in [0.15, 0.2) is 24.4 Å². The number of halogens is 3. The summed E-state index contributed by atoms with van der Waals surface area (Å²) in [5, 5.41) is 8.71. The van der Waals surface area contributed by atoms with Gasteiger partial charge in [0.1, 0.15) is 5.82 Å². The number of aromatic nitrogens is 2. The van der Waals surface area contributed by atoms with Gasteiger partial charge in [-0.2, -0.15) is 18.4 Å². The third-order valence-corrected chi connectivity index (χ3v) is 2.69. The lowest BCUT2D eigenvalue weighted by atomic mass is 10.1. The Morgan fingerprint density at radius 3 is 2.42 bits per heavy atom. The highest BCUT2D eigenvalue weighted by atomic mass is 19.4. The molecule has 2 rings (SSSR count). The molecule has 0 bridgehead atoms. The number of hydrogen-bond acceptors (Lipinski definition) is 2. The van der Waals surface area contributed by atoms with Crippen LogP contribution in [0.3, 0.4) is 0 Å². The molecule has 0 atom stereocenters. The Labute approximate surface area is 107 Å². The molecule has 0 saturated heterocycles. The van der Waals surface area contributed by atoms with Crippen molar-refractivity contribution in [2.75, 3.05) is 0 Å². The van der Waals surface area contributed by atoms with Gasteiger partial charge in [0.25, 0.3) is 0 Å². The minimum Gasteiger partial charge on any atom is -0.303 e. The van der Waals surface area contributed by atoms with Crippen LogP contribution < -0.4 is 0 Å². The fraction of sp³-hybridized carbons (Fsp3) is 0.231. The highest BCUT2D eigenvalue weighted by Gasteiger charge is 2.34. The molecule has 0 aliphatic rings. The number of aryl methyl sites for hydroxylation is 2. The summed E-state index contributed by atoms with van der Waals surface area (Å²) in [6, 6.07) is 5.21. The maximum atomic E-state index is 13.0. The number of alkyl halides is 3. The summed E-state index contributed by atoms with van der Waals surface area (Å²) in [6.07, 6.45) is -2.99. The second kappa shape index (κ2) is 4.43. The van der Waals surface area contributed by atoms with E-state index in [9.17, 15) is 13.2 Å². The molecular formula is C13H10F3N3. The summed E-state index contributed by atoms with van der Waals surface area (Å²) in [5.74, 6) is 0.465. The summed E-state index contributed by atoms with van der Waals surface area (Å²) < 4.78 is 40.5. The van der Waals surface area contributed by atoms with Gasteiger partial charge in [-0.05, 0) is 32.0 Å². The average Bonchev–Trinajstić information content (AvgIpc) is 2.66. The van der Waals surface area contributed by atoms with E-state index < -0.39 is 11.7 Å². The van der Waals surface area contributed by atoms with Gasteiger partial charge in [0, 0.05) is 6.20 Å². The van der Waals surface area contributed by atoms with Crippen molar-refractivity contribution in [1.82, 2.24) is 9.55 Å². The average molecular weight is 265 g/mol. The van der Waals surface area contributed by atoms with Gasteiger partial charge < -0.3 is 4.57 Å². The SMILES string of the molecule is Cc1cn(-c2ccc(C#N)cc2C(F)(F)F)c(C)n1. The van der Waals surface area contributed by atoms with Crippen LogP contribution in [-0.2, 0) is 6.18 Å². The third-order valence-electron chi connectivity index (χ3n) is 2.69. The molecule has 0 fully saturated rings. The van der Waals surface area contributed by atoms with Gasteiger partial charge in [-0.1, -0.05) is 0 Å². The van der Waals surface area contributed by atoms with E-state index in [1.807, 2.05) is 0 Å². The number of imidazole rings is 1. The Morgan fingerprint density at radius 1 is 1.26 bits per heavy atom. The summed E-state index contributed by atoms with van der Waals surface area (Å²) in [7, 11) is 0. The van der Waals surface area contributed by atoms with Crippen molar-refractivity contribution in [2.45, 2.75) is 20.0 Å². The third kappa shape index (κ3) is 2.45. The number of benzene rings is 1. The first-order valence-electron chi connectivity index (χ1n) is 5.47. The summed E-state index contributed by atoms with van der Waals surface area (Å²) >= 11 is 0. The molecule has 0 saturated carbocycles. The monoisotopic (exact) mass is 265 g/mol. The minimum absolute atomic E-state index is 0.0226. The molecule has 0 aliphatic heterocycles. The molecule has 0 aliphatic carbocycles. The van der Waals surface area contributed by atoms with Crippen molar-refractivity contribution in [1.29, 1.82) is 5.26 Å². The Bertz CT molecular complexity index is 663. The Hall–Kier alpha value is -2.29. The van der Waals surface area contributed by atoms with Crippen molar-refractivity contribution in [3.63, 3.8) is 0 Å². The molecule has 1 heterocycles. The zero-order chi connectivity index (χ0) is 14.2. The Morgan fingerprint density at radius 2 is 1.95 bits per heavy atom. The van der Waals surface area contributed by atoms with Gasteiger partial charge in [-0.3, -0.25) is 0 Å². The van der Waals surface area contributed by atoms with E-state index in [-0.39, 0.29) is 11.3 Å². The molecule has 0 amide bonds. The highest BCUT2D eigenvalue weighted by molar-refractivity contribution is 5.49. The largest absolute Gasteiger partial charge is 0.418 e. The molecule has 19 heavy (non-hydrogen) atoms. The summed E-state index contributed by atoms with van der Waals surface area (Å²) in [5.41, 5.74) is -0.253. The Balaban J connectivity index is 2.71. The topological polar surface area (TPSA) is 41.6 Å². The predicted molar refractivity (Wildman–Crippen MR) is 62.8 cm³/mol. The van der Waals surface area contributed by atoms with Crippen LogP contribution >= 0.6 is 0 Å². The van der Waals surface area contributed by atoms with Crippen molar-refractivity contribution >= 4 is 0 Å². The van der Waals surface area contributed by atoms with Crippen LogP contribution in [-0.4, -0.2) is 9.55 Å². The van der Waals surface area contributed by atoms with E-state index in [0.29, 0.717) is 11.5 Å². The highest BCUT2D eigenvalue weighted by Crippen LogP contribution is 2.35. The minimum atomic E-state index is -4.52. The molecule has 1 aromatic carbocycles. The van der Waals surface area contributed by atoms with Crippen molar-refractivity contribution in [3.05, 3.63) is 47.0 Å². The van der Waals surface area contributed by atoms with Gasteiger partial charge in [0.2, 0.25) is 0 Å². The second-order valence-corrected chi connectivity index (χ2v) is 4.14.